The Labute approximate surface area is 369 Å². The molecule has 350 valence electrons. The fraction of sp³-hybridized carbons (Fsp3) is 0.800. The number of carbonyl (C=O) groups is 2. The molecule has 60 heavy (non-hydrogen) atoms. The zero-order chi connectivity index (χ0) is 44.3. The van der Waals surface area contributed by atoms with Crippen LogP contribution in [-0.2, 0) is 32.7 Å². The molecule has 1 N–H and O–H groups in total. The van der Waals surface area contributed by atoms with E-state index in [4.69, 9.17) is 18.5 Å². The van der Waals surface area contributed by atoms with Gasteiger partial charge in [-0.15, -0.1) is 0 Å². The van der Waals surface area contributed by atoms with Gasteiger partial charge >= 0.3 is 19.8 Å². The van der Waals surface area contributed by atoms with E-state index < -0.39 is 32.5 Å². The van der Waals surface area contributed by atoms with Gasteiger partial charge in [-0.25, -0.2) is 4.57 Å². The Bertz CT molecular complexity index is 1160. The number of phosphoric acid groups is 1. The molecule has 9 nitrogen and oxygen atoms in total. The van der Waals surface area contributed by atoms with E-state index in [1.165, 1.54) is 116 Å². The first-order valence-electron chi connectivity index (χ1n) is 24.4. The van der Waals surface area contributed by atoms with E-state index in [0.29, 0.717) is 23.9 Å². The summed E-state index contributed by atoms with van der Waals surface area (Å²) in [6.45, 7) is 4.38. The van der Waals surface area contributed by atoms with Gasteiger partial charge in [-0.2, -0.15) is 0 Å². The summed E-state index contributed by atoms with van der Waals surface area (Å²) in [5.41, 5.74) is 0. The third kappa shape index (κ3) is 45.5. The van der Waals surface area contributed by atoms with Crippen LogP contribution < -0.4 is 0 Å². The summed E-state index contributed by atoms with van der Waals surface area (Å²) in [6.07, 6.45) is 50.1. The number of ether oxygens (including phenoxy) is 2. The van der Waals surface area contributed by atoms with Gasteiger partial charge in [-0.1, -0.05) is 184 Å². The molecule has 0 fully saturated rings. The van der Waals surface area contributed by atoms with Crippen LogP contribution in [0.4, 0.5) is 0 Å². The highest BCUT2D eigenvalue weighted by atomic mass is 31.2. The van der Waals surface area contributed by atoms with Gasteiger partial charge in [0, 0.05) is 12.8 Å². The molecular formula is C50H93NO8P+. The summed E-state index contributed by atoms with van der Waals surface area (Å²) < 4.78 is 34.4. The molecule has 0 aliphatic heterocycles. The minimum atomic E-state index is -4.38. The van der Waals surface area contributed by atoms with Crippen molar-refractivity contribution in [2.75, 3.05) is 47.5 Å². The van der Waals surface area contributed by atoms with Crippen LogP contribution in [-0.4, -0.2) is 74.9 Å². The van der Waals surface area contributed by atoms with Crippen molar-refractivity contribution in [1.29, 1.82) is 0 Å². The molecular weight excluding hydrogens is 774 g/mol. The Morgan fingerprint density at radius 2 is 0.900 bits per heavy atom. The summed E-state index contributed by atoms with van der Waals surface area (Å²) in [4.78, 5) is 35.5. The molecule has 0 aliphatic carbocycles. The molecule has 0 rings (SSSR count). The third-order valence-electron chi connectivity index (χ3n) is 10.4. The number of rotatable bonds is 44. The summed E-state index contributed by atoms with van der Waals surface area (Å²) in [5.74, 6) is -0.829. The standard InChI is InChI=1S/C50H92NO8P/c1-6-8-10-12-14-16-18-20-22-24-25-27-28-30-32-34-36-38-40-42-49(52)56-46-48(47-58-60(54,55)57-45-44-51(3,4)5)59-50(53)43-41-39-37-35-33-31-29-26-23-21-19-17-15-13-11-9-7-2/h14,16,20,22,25,27,30,32,48H,6-13,15,17-19,21,23-24,26,28-29,31,33-47H2,1-5H3/p+1/b16-14-,22-20-,27-25-,32-30-/t48-/m1/s1. The Balaban J connectivity index is 4.35. The lowest BCUT2D eigenvalue weighted by molar-refractivity contribution is -0.870. The third-order valence-corrected chi connectivity index (χ3v) is 11.3. The molecule has 0 bridgehead atoms. The second-order valence-corrected chi connectivity index (χ2v) is 19.0. The number of carbonyl (C=O) groups excluding carboxylic acids is 2. The number of esters is 2. The zero-order valence-corrected chi connectivity index (χ0v) is 40.3. The fourth-order valence-corrected chi connectivity index (χ4v) is 7.27. The summed E-state index contributed by atoms with van der Waals surface area (Å²) in [7, 11) is 1.46. The van der Waals surface area contributed by atoms with Crippen molar-refractivity contribution in [2.45, 2.75) is 213 Å². The highest BCUT2D eigenvalue weighted by molar-refractivity contribution is 7.47. The largest absolute Gasteiger partial charge is 0.472 e. The minimum Gasteiger partial charge on any atom is -0.462 e. The lowest BCUT2D eigenvalue weighted by Crippen LogP contribution is -2.37. The number of unbranched alkanes of at least 4 members (excludes halogenated alkanes) is 22. The van der Waals surface area contributed by atoms with E-state index in [1.807, 2.05) is 21.1 Å². The van der Waals surface area contributed by atoms with Gasteiger partial charge in [-0.05, 0) is 57.8 Å². The molecule has 0 aromatic rings. The van der Waals surface area contributed by atoms with E-state index in [-0.39, 0.29) is 26.1 Å². The monoisotopic (exact) mass is 867 g/mol. The van der Waals surface area contributed by atoms with E-state index in [1.54, 1.807) is 0 Å². The van der Waals surface area contributed by atoms with Crippen LogP contribution in [0, 0.1) is 0 Å². The van der Waals surface area contributed by atoms with Gasteiger partial charge in [0.05, 0.1) is 27.7 Å². The molecule has 0 radical (unpaired) electrons. The predicted molar refractivity (Wildman–Crippen MR) is 252 cm³/mol. The number of likely N-dealkylation sites (N-methyl/N-ethyl adjacent to an activating group) is 1. The van der Waals surface area contributed by atoms with Gasteiger partial charge in [0.2, 0.25) is 0 Å². The van der Waals surface area contributed by atoms with E-state index in [2.05, 4.69) is 62.5 Å². The number of phosphoric ester groups is 1. The zero-order valence-electron chi connectivity index (χ0n) is 39.4. The van der Waals surface area contributed by atoms with Gasteiger partial charge in [0.1, 0.15) is 19.8 Å². The van der Waals surface area contributed by atoms with Crippen molar-refractivity contribution in [3.05, 3.63) is 48.6 Å². The first kappa shape index (κ1) is 58.0. The molecule has 0 aliphatic rings. The van der Waals surface area contributed by atoms with Crippen molar-refractivity contribution < 1.29 is 42.1 Å². The Hall–Kier alpha value is -2.03. The Morgan fingerprint density at radius 1 is 0.517 bits per heavy atom. The van der Waals surface area contributed by atoms with Crippen molar-refractivity contribution in [3.63, 3.8) is 0 Å². The van der Waals surface area contributed by atoms with Crippen molar-refractivity contribution in [3.8, 4) is 0 Å². The number of hydrogen-bond donors (Lipinski definition) is 1. The molecule has 0 aromatic carbocycles. The van der Waals surface area contributed by atoms with Crippen LogP contribution in [0.25, 0.3) is 0 Å². The van der Waals surface area contributed by atoms with Gasteiger partial charge in [0.25, 0.3) is 0 Å². The lowest BCUT2D eigenvalue weighted by Gasteiger charge is -2.24. The lowest BCUT2D eigenvalue weighted by atomic mass is 10.0. The highest BCUT2D eigenvalue weighted by Crippen LogP contribution is 2.43. The van der Waals surface area contributed by atoms with Gasteiger partial charge in [0.15, 0.2) is 6.10 Å². The van der Waals surface area contributed by atoms with Crippen LogP contribution in [0.5, 0.6) is 0 Å². The first-order chi connectivity index (χ1) is 29.0. The number of hydrogen-bond acceptors (Lipinski definition) is 7. The van der Waals surface area contributed by atoms with Crippen LogP contribution in [0.1, 0.15) is 206 Å². The van der Waals surface area contributed by atoms with Crippen molar-refractivity contribution in [2.24, 2.45) is 0 Å². The molecule has 0 spiro atoms. The molecule has 0 heterocycles. The first-order valence-corrected chi connectivity index (χ1v) is 25.9. The Kier molecular flexibility index (Phi) is 40.8. The van der Waals surface area contributed by atoms with Crippen LogP contribution in [0.3, 0.4) is 0 Å². The minimum absolute atomic E-state index is 0.0262. The topological polar surface area (TPSA) is 108 Å². The number of nitrogens with zero attached hydrogens (tertiary/aromatic N) is 1. The molecule has 10 heteroatoms. The second kappa shape index (κ2) is 42.3. The maximum Gasteiger partial charge on any atom is 0.472 e. The van der Waals surface area contributed by atoms with Crippen LogP contribution >= 0.6 is 7.82 Å². The fourth-order valence-electron chi connectivity index (χ4n) is 6.53. The molecule has 0 aromatic heterocycles. The Morgan fingerprint density at radius 3 is 1.37 bits per heavy atom. The maximum atomic E-state index is 12.7. The average molecular weight is 867 g/mol. The molecule has 1 unspecified atom stereocenters. The number of quaternary nitrogens is 1. The molecule has 0 saturated carbocycles. The number of allylic oxidation sites excluding steroid dienone is 8. The average Bonchev–Trinajstić information content (AvgIpc) is 3.20. The predicted octanol–water partition coefficient (Wildman–Crippen LogP) is 14.2. The smallest absolute Gasteiger partial charge is 0.462 e. The van der Waals surface area contributed by atoms with Crippen LogP contribution in [0.2, 0.25) is 0 Å². The molecule has 0 amide bonds. The van der Waals surface area contributed by atoms with Gasteiger partial charge in [-0.3, -0.25) is 18.6 Å². The van der Waals surface area contributed by atoms with Crippen LogP contribution in [0.15, 0.2) is 48.6 Å². The SMILES string of the molecule is CCCCC/C=C\C/C=C\C/C=C\C/C=C\CCCCCC(=O)OC[C@H](COP(=O)(O)OCC[N+](C)(C)C)OC(=O)CCCCCCCCCCCCCCCCCCC. The summed E-state index contributed by atoms with van der Waals surface area (Å²) in [5, 5.41) is 0. The van der Waals surface area contributed by atoms with Gasteiger partial charge < -0.3 is 18.9 Å². The van der Waals surface area contributed by atoms with E-state index >= 15 is 0 Å². The summed E-state index contributed by atoms with van der Waals surface area (Å²) in [6, 6.07) is 0. The quantitative estimate of drug-likeness (QED) is 0.0212. The summed E-state index contributed by atoms with van der Waals surface area (Å²) >= 11 is 0. The molecule has 2 atom stereocenters. The van der Waals surface area contributed by atoms with Crippen molar-refractivity contribution in [1.82, 2.24) is 0 Å². The van der Waals surface area contributed by atoms with E-state index in [0.717, 1.165) is 51.4 Å². The molecule has 0 saturated heterocycles. The normalized spacial score (nSPS) is 13.9. The highest BCUT2D eigenvalue weighted by Gasteiger charge is 2.27. The van der Waals surface area contributed by atoms with Crippen molar-refractivity contribution >= 4 is 19.8 Å². The second-order valence-electron chi connectivity index (χ2n) is 17.5. The van der Waals surface area contributed by atoms with E-state index in [9.17, 15) is 19.0 Å². The maximum absolute atomic E-state index is 12.7.